The van der Waals surface area contributed by atoms with Crippen molar-refractivity contribution in [3.63, 3.8) is 0 Å². The third-order valence-corrected chi connectivity index (χ3v) is 4.35. The Hall–Kier alpha value is -1.40. The molecule has 0 fully saturated rings. The zero-order chi connectivity index (χ0) is 14.1. The number of halogens is 2. The Morgan fingerprint density at radius 1 is 1.20 bits per heavy atom. The molecule has 1 atom stereocenters. The van der Waals surface area contributed by atoms with Crippen LogP contribution in [0, 0.1) is 0 Å². The van der Waals surface area contributed by atoms with E-state index in [1.54, 1.807) is 10.7 Å². The SMILES string of the molecule is OC(c1cc(Cl)sc1Cl)c1cnnn1-c1ccccc1. The third-order valence-electron chi connectivity index (χ3n) is 2.83. The predicted octanol–water partition coefficient (Wildman–Crippen LogP) is 3.72. The van der Waals surface area contributed by atoms with Crippen molar-refractivity contribution in [2.75, 3.05) is 0 Å². The van der Waals surface area contributed by atoms with Crippen LogP contribution in [0.5, 0.6) is 0 Å². The van der Waals surface area contributed by atoms with E-state index in [4.69, 9.17) is 23.2 Å². The monoisotopic (exact) mass is 325 g/mol. The van der Waals surface area contributed by atoms with Crippen LogP contribution in [0.15, 0.2) is 42.6 Å². The second-order valence-electron chi connectivity index (χ2n) is 4.09. The van der Waals surface area contributed by atoms with E-state index in [-0.39, 0.29) is 0 Å². The fourth-order valence-electron chi connectivity index (χ4n) is 1.90. The molecule has 0 aliphatic carbocycles. The summed E-state index contributed by atoms with van der Waals surface area (Å²) in [6.07, 6.45) is 0.584. The molecule has 3 aromatic rings. The summed E-state index contributed by atoms with van der Waals surface area (Å²) in [5, 5.41) is 18.3. The van der Waals surface area contributed by atoms with Crippen LogP contribution in [0.4, 0.5) is 0 Å². The van der Waals surface area contributed by atoms with Crippen LogP contribution in [0.1, 0.15) is 17.4 Å². The van der Waals surface area contributed by atoms with Crippen molar-refractivity contribution in [2.24, 2.45) is 0 Å². The number of nitrogens with zero attached hydrogens (tertiary/aromatic N) is 3. The Balaban J connectivity index is 2.04. The first kappa shape index (κ1) is 13.6. The highest BCUT2D eigenvalue weighted by Crippen LogP contribution is 2.37. The van der Waals surface area contributed by atoms with Crippen LogP contribution in [0.3, 0.4) is 0 Å². The largest absolute Gasteiger partial charge is 0.382 e. The van der Waals surface area contributed by atoms with Gasteiger partial charge in [-0.3, -0.25) is 0 Å². The normalized spacial score (nSPS) is 12.6. The number of hydrogen-bond donors (Lipinski definition) is 1. The Labute approximate surface area is 129 Å². The van der Waals surface area contributed by atoms with Gasteiger partial charge in [0.2, 0.25) is 0 Å². The molecule has 3 rings (SSSR count). The molecule has 0 amide bonds. The molecule has 2 aromatic heterocycles. The van der Waals surface area contributed by atoms with Gasteiger partial charge in [-0.1, -0.05) is 46.6 Å². The first-order chi connectivity index (χ1) is 9.66. The molecule has 1 unspecified atom stereocenters. The second kappa shape index (κ2) is 5.54. The van der Waals surface area contributed by atoms with Gasteiger partial charge in [0.25, 0.3) is 0 Å². The van der Waals surface area contributed by atoms with E-state index >= 15 is 0 Å². The lowest BCUT2D eigenvalue weighted by Gasteiger charge is -2.11. The average Bonchev–Trinajstić information content (AvgIpc) is 3.05. The number of aliphatic hydroxyl groups is 1. The van der Waals surface area contributed by atoms with Gasteiger partial charge in [0.1, 0.15) is 10.4 Å². The van der Waals surface area contributed by atoms with Crippen molar-refractivity contribution in [3.05, 3.63) is 62.5 Å². The first-order valence-electron chi connectivity index (χ1n) is 5.75. The Morgan fingerprint density at radius 3 is 2.60 bits per heavy atom. The summed E-state index contributed by atoms with van der Waals surface area (Å²) in [5.41, 5.74) is 1.91. The molecule has 0 aliphatic heterocycles. The van der Waals surface area contributed by atoms with E-state index in [2.05, 4.69) is 10.3 Å². The van der Waals surface area contributed by atoms with Crippen molar-refractivity contribution >= 4 is 34.5 Å². The molecular weight excluding hydrogens is 317 g/mol. The standard InChI is InChI=1S/C13H9Cl2N3OS/c14-11-6-9(13(15)20-11)12(19)10-7-16-17-18(10)8-4-2-1-3-5-8/h1-7,12,19H. The molecule has 0 saturated carbocycles. The van der Waals surface area contributed by atoms with Gasteiger partial charge in [-0.2, -0.15) is 0 Å². The molecule has 1 N–H and O–H groups in total. The number of aliphatic hydroxyl groups excluding tert-OH is 1. The van der Waals surface area contributed by atoms with E-state index < -0.39 is 6.10 Å². The summed E-state index contributed by atoms with van der Waals surface area (Å²) in [6.45, 7) is 0. The van der Waals surface area contributed by atoms with Crippen molar-refractivity contribution < 1.29 is 5.11 Å². The molecule has 0 aliphatic rings. The summed E-state index contributed by atoms with van der Waals surface area (Å²) >= 11 is 13.2. The van der Waals surface area contributed by atoms with Gasteiger partial charge >= 0.3 is 0 Å². The highest BCUT2D eigenvalue weighted by Gasteiger charge is 2.21. The Kier molecular flexibility index (Phi) is 3.76. The van der Waals surface area contributed by atoms with E-state index in [9.17, 15) is 5.11 Å². The summed E-state index contributed by atoms with van der Waals surface area (Å²) in [4.78, 5) is 0. The minimum atomic E-state index is -0.929. The number of rotatable bonds is 3. The molecule has 7 heteroatoms. The van der Waals surface area contributed by atoms with Crippen LogP contribution in [0.25, 0.3) is 5.69 Å². The number of aromatic nitrogens is 3. The van der Waals surface area contributed by atoms with Gasteiger partial charge < -0.3 is 5.11 Å². The molecule has 0 bridgehead atoms. The number of para-hydroxylation sites is 1. The minimum absolute atomic E-state index is 0.461. The second-order valence-corrected chi connectivity index (χ2v) is 6.37. The van der Waals surface area contributed by atoms with Crippen molar-refractivity contribution in [2.45, 2.75) is 6.10 Å². The highest BCUT2D eigenvalue weighted by molar-refractivity contribution is 7.20. The van der Waals surface area contributed by atoms with E-state index in [0.717, 1.165) is 5.69 Å². The molecule has 0 radical (unpaired) electrons. The number of hydrogen-bond acceptors (Lipinski definition) is 4. The smallest absolute Gasteiger partial charge is 0.125 e. The number of thiophene rings is 1. The maximum absolute atomic E-state index is 10.5. The van der Waals surface area contributed by atoms with Gasteiger partial charge in [0.15, 0.2) is 0 Å². The van der Waals surface area contributed by atoms with Gasteiger partial charge in [-0.25, -0.2) is 4.68 Å². The van der Waals surface area contributed by atoms with Crippen molar-refractivity contribution in [1.82, 2.24) is 15.0 Å². The van der Waals surface area contributed by atoms with Crippen LogP contribution in [-0.4, -0.2) is 20.1 Å². The zero-order valence-corrected chi connectivity index (χ0v) is 12.4. The van der Waals surface area contributed by atoms with Gasteiger partial charge in [-0.05, 0) is 18.2 Å². The first-order valence-corrected chi connectivity index (χ1v) is 7.33. The van der Waals surface area contributed by atoms with Gasteiger partial charge in [0, 0.05) is 5.56 Å². The summed E-state index contributed by atoms with van der Waals surface area (Å²) in [5.74, 6) is 0. The molecule has 2 heterocycles. The summed E-state index contributed by atoms with van der Waals surface area (Å²) in [7, 11) is 0. The average molecular weight is 326 g/mol. The van der Waals surface area contributed by atoms with E-state index in [1.165, 1.54) is 17.5 Å². The third kappa shape index (κ3) is 2.45. The van der Waals surface area contributed by atoms with Crippen LogP contribution < -0.4 is 0 Å². The fourth-order valence-corrected chi connectivity index (χ4v) is 3.42. The van der Waals surface area contributed by atoms with Crippen LogP contribution in [-0.2, 0) is 0 Å². The van der Waals surface area contributed by atoms with Crippen molar-refractivity contribution in [1.29, 1.82) is 0 Å². The zero-order valence-electron chi connectivity index (χ0n) is 10.1. The Morgan fingerprint density at radius 2 is 1.95 bits per heavy atom. The summed E-state index contributed by atoms with van der Waals surface area (Å²) < 4.78 is 2.57. The molecule has 0 saturated heterocycles. The van der Waals surface area contributed by atoms with Crippen LogP contribution in [0.2, 0.25) is 8.67 Å². The Bertz CT molecular complexity index is 726. The van der Waals surface area contributed by atoms with Crippen molar-refractivity contribution in [3.8, 4) is 5.69 Å². The topological polar surface area (TPSA) is 50.9 Å². The minimum Gasteiger partial charge on any atom is -0.382 e. The molecule has 4 nitrogen and oxygen atoms in total. The lowest BCUT2D eigenvalue weighted by Crippen LogP contribution is -2.08. The van der Waals surface area contributed by atoms with E-state index in [0.29, 0.717) is 19.9 Å². The van der Waals surface area contributed by atoms with Gasteiger partial charge in [0.05, 0.1) is 21.9 Å². The maximum atomic E-state index is 10.5. The molecular formula is C13H9Cl2N3OS. The van der Waals surface area contributed by atoms with E-state index in [1.807, 2.05) is 30.3 Å². The lowest BCUT2D eigenvalue weighted by atomic mass is 10.1. The molecule has 0 spiro atoms. The highest BCUT2D eigenvalue weighted by atomic mass is 35.5. The van der Waals surface area contributed by atoms with Gasteiger partial charge in [-0.15, -0.1) is 16.4 Å². The fraction of sp³-hybridized carbons (Fsp3) is 0.0769. The summed E-state index contributed by atoms with van der Waals surface area (Å²) in [6, 6.07) is 11.1. The van der Waals surface area contributed by atoms with Crippen LogP contribution >= 0.6 is 34.5 Å². The molecule has 1 aromatic carbocycles. The predicted molar refractivity (Wildman–Crippen MR) is 79.8 cm³/mol. The quantitative estimate of drug-likeness (QED) is 0.798. The maximum Gasteiger partial charge on any atom is 0.125 e. The molecule has 102 valence electrons. The molecule has 20 heavy (non-hydrogen) atoms. The number of benzene rings is 1. The lowest BCUT2D eigenvalue weighted by molar-refractivity contribution is 0.212.